The number of hydrazone groups is 1. The van der Waals surface area contributed by atoms with Crippen molar-refractivity contribution < 1.29 is 18.7 Å². The van der Waals surface area contributed by atoms with Crippen molar-refractivity contribution in [2.24, 2.45) is 11.0 Å². The number of alkyl halides is 1. The summed E-state index contributed by atoms with van der Waals surface area (Å²) in [5.41, 5.74) is 6.23. The number of amidine groups is 1. The summed E-state index contributed by atoms with van der Waals surface area (Å²) in [6.07, 6.45) is 5.62. The summed E-state index contributed by atoms with van der Waals surface area (Å²) in [5, 5.41) is 7.43. The van der Waals surface area contributed by atoms with Crippen LogP contribution in [0.3, 0.4) is 0 Å². The van der Waals surface area contributed by atoms with Crippen molar-refractivity contribution in [2.75, 3.05) is 21.2 Å². The summed E-state index contributed by atoms with van der Waals surface area (Å²) in [4.78, 5) is 28.3. The van der Waals surface area contributed by atoms with Crippen LogP contribution >= 0.6 is 11.8 Å². The number of nitrogens with one attached hydrogen (secondary N) is 2. The first-order valence-electron chi connectivity index (χ1n) is 14.5. The number of carbonyl (C=O) groups is 2. The van der Waals surface area contributed by atoms with Crippen molar-refractivity contribution >= 4 is 29.2 Å². The lowest BCUT2D eigenvalue weighted by Gasteiger charge is -2.16. The summed E-state index contributed by atoms with van der Waals surface area (Å²) >= 11 is 1.39. The Morgan fingerprint density at radius 1 is 1.14 bits per heavy atom. The molecule has 1 aromatic heterocycles. The van der Waals surface area contributed by atoms with Crippen LogP contribution in [0.1, 0.15) is 94.0 Å². The van der Waals surface area contributed by atoms with E-state index in [0.717, 1.165) is 32.1 Å². The predicted molar refractivity (Wildman–Crippen MR) is 170 cm³/mol. The maximum Gasteiger partial charge on any atom is 0.257 e. The van der Waals surface area contributed by atoms with Crippen molar-refractivity contribution in [2.45, 2.75) is 77.8 Å². The highest BCUT2D eigenvalue weighted by Crippen LogP contribution is 2.43. The highest BCUT2D eigenvalue weighted by atomic mass is 32.2. The van der Waals surface area contributed by atoms with E-state index in [-0.39, 0.29) is 11.3 Å². The number of nitrogens with zero attached hydrogens (tertiary/aromatic N) is 3. The molecule has 2 heterocycles. The van der Waals surface area contributed by atoms with Crippen LogP contribution in [0.4, 0.5) is 4.39 Å². The van der Waals surface area contributed by atoms with Crippen LogP contribution in [-0.2, 0) is 4.79 Å². The van der Waals surface area contributed by atoms with Gasteiger partial charge in [0, 0.05) is 31.1 Å². The van der Waals surface area contributed by atoms with Gasteiger partial charge in [0.25, 0.3) is 5.91 Å². The van der Waals surface area contributed by atoms with Gasteiger partial charge in [-0.2, -0.15) is 5.10 Å². The van der Waals surface area contributed by atoms with E-state index in [4.69, 9.17) is 4.74 Å². The highest BCUT2D eigenvalue weighted by Gasteiger charge is 2.28. The van der Waals surface area contributed by atoms with Gasteiger partial charge in [-0.1, -0.05) is 45.6 Å². The molecule has 228 valence electrons. The molecular formula is C32H44FN5O3S. The third-order valence-corrected chi connectivity index (χ3v) is 6.96. The molecule has 2 unspecified atom stereocenters. The monoisotopic (exact) mass is 597 g/mol. The minimum atomic E-state index is -1.23. The summed E-state index contributed by atoms with van der Waals surface area (Å²) in [7, 11) is 4.92. The molecule has 42 heavy (non-hydrogen) atoms. The second-order valence-electron chi connectivity index (χ2n) is 9.63. The van der Waals surface area contributed by atoms with E-state index in [1.54, 1.807) is 27.3 Å². The average molecular weight is 598 g/mol. The number of methoxy groups -OCH3 is 1. The summed E-state index contributed by atoms with van der Waals surface area (Å²) in [6.45, 7) is 9.44. The molecule has 3 aliphatic rings. The molecule has 0 radical (unpaired) electrons. The lowest BCUT2D eigenvalue weighted by molar-refractivity contribution is -0.115. The number of carbonyl (C=O) groups excluding carboxylic acids is 2. The molecule has 2 aromatic rings. The molecule has 0 spiro atoms. The summed E-state index contributed by atoms with van der Waals surface area (Å²) in [5.74, 6) is 7.58. The lowest BCUT2D eigenvalue weighted by atomic mass is 9.94. The molecule has 10 heteroatoms. The molecule has 2 fully saturated rings. The Labute approximate surface area is 254 Å². The molecule has 2 saturated carbocycles. The summed E-state index contributed by atoms with van der Waals surface area (Å²) < 4.78 is 19.6. The van der Waals surface area contributed by atoms with E-state index in [1.807, 2.05) is 45.9 Å². The Hall–Kier alpha value is -3.58. The van der Waals surface area contributed by atoms with E-state index in [2.05, 4.69) is 32.7 Å². The zero-order valence-electron chi connectivity index (χ0n) is 26.0. The van der Waals surface area contributed by atoms with Gasteiger partial charge in [-0.05, 0) is 79.6 Å². The van der Waals surface area contributed by atoms with Crippen LogP contribution in [0.15, 0.2) is 35.6 Å². The normalized spacial score (nSPS) is 17.0. The fourth-order valence-corrected chi connectivity index (χ4v) is 4.40. The first-order chi connectivity index (χ1) is 20.3. The second-order valence-corrected chi connectivity index (χ2v) is 10.7. The predicted octanol–water partition coefficient (Wildman–Crippen LogP) is 6.50. The number of aromatic nitrogens is 1. The van der Waals surface area contributed by atoms with Crippen molar-refractivity contribution in [3.8, 4) is 28.7 Å². The van der Waals surface area contributed by atoms with Gasteiger partial charge in [0.2, 0.25) is 6.41 Å². The molecule has 1 aromatic carbocycles. The maximum atomic E-state index is 14.0. The number of rotatable bonds is 6. The van der Waals surface area contributed by atoms with E-state index in [9.17, 15) is 14.0 Å². The van der Waals surface area contributed by atoms with E-state index in [0.29, 0.717) is 45.1 Å². The zero-order valence-corrected chi connectivity index (χ0v) is 26.8. The van der Waals surface area contributed by atoms with Crippen molar-refractivity contribution in [1.29, 1.82) is 0 Å². The lowest BCUT2D eigenvalue weighted by Crippen LogP contribution is -2.28. The Kier molecular flexibility index (Phi) is 14.3. The Morgan fingerprint density at radius 2 is 1.81 bits per heavy atom. The first-order valence-corrected chi connectivity index (χ1v) is 15.4. The van der Waals surface area contributed by atoms with Crippen molar-refractivity contribution in [1.82, 2.24) is 20.6 Å². The van der Waals surface area contributed by atoms with Crippen LogP contribution in [0.2, 0.25) is 0 Å². The molecule has 2 atom stereocenters. The fraction of sp³-hybridized carbons (Fsp3) is 0.500. The minimum Gasteiger partial charge on any atom is -0.494 e. The topological polar surface area (TPSA) is 95.9 Å². The smallest absolute Gasteiger partial charge is 0.257 e. The van der Waals surface area contributed by atoms with Crippen LogP contribution < -0.4 is 15.5 Å². The molecule has 1 aliphatic heterocycles. The molecule has 0 bridgehead atoms. The highest BCUT2D eigenvalue weighted by molar-refractivity contribution is 8.14. The van der Waals surface area contributed by atoms with Crippen LogP contribution in [0.25, 0.3) is 11.1 Å². The van der Waals surface area contributed by atoms with Gasteiger partial charge in [-0.3, -0.25) is 25.3 Å². The Bertz CT molecular complexity index is 1280. The summed E-state index contributed by atoms with van der Waals surface area (Å²) in [6, 6.07) is 7.50. The van der Waals surface area contributed by atoms with Gasteiger partial charge in [0.15, 0.2) is 10.5 Å². The van der Waals surface area contributed by atoms with Gasteiger partial charge in [0.1, 0.15) is 11.9 Å². The third kappa shape index (κ3) is 10.4. The Morgan fingerprint density at radius 3 is 2.36 bits per heavy atom. The van der Waals surface area contributed by atoms with Gasteiger partial charge in [-0.15, -0.1) is 0 Å². The van der Waals surface area contributed by atoms with Gasteiger partial charge in [0.05, 0.1) is 19.0 Å². The van der Waals surface area contributed by atoms with Gasteiger partial charge < -0.3 is 9.64 Å². The molecule has 8 nitrogen and oxygen atoms in total. The number of amides is 2. The number of thioether (sulfide) groups is 1. The number of halogens is 1. The zero-order chi connectivity index (χ0) is 31.2. The van der Waals surface area contributed by atoms with E-state index < -0.39 is 6.17 Å². The van der Waals surface area contributed by atoms with Crippen LogP contribution in [0, 0.1) is 17.8 Å². The quantitative estimate of drug-likeness (QED) is 0.292. The van der Waals surface area contributed by atoms with Crippen molar-refractivity contribution in [3.05, 3.63) is 47.3 Å². The molecule has 2 aliphatic carbocycles. The largest absolute Gasteiger partial charge is 0.494 e. The SMILES string of the molecule is CC.CC.CN(C)C=O.COc1cnc(C(C)F)cc1-c1cc(C2CC2)ccc1C(=O)NC1=NNC(C#CC2CC2)S1. The minimum absolute atomic E-state index is 0.161. The van der Waals surface area contributed by atoms with Crippen molar-refractivity contribution in [3.63, 3.8) is 0 Å². The maximum absolute atomic E-state index is 14.0. The number of benzene rings is 1. The van der Waals surface area contributed by atoms with E-state index >= 15 is 0 Å². The Balaban J connectivity index is 0.000000612. The molecule has 2 N–H and O–H groups in total. The van der Waals surface area contributed by atoms with Gasteiger partial charge in [-0.25, -0.2) is 4.39 Å². The van der Waals surface area contributed by atoms with Gasteiger partial charge >= 0.3 is 0 Å². The third-order valence-electron chi connectivity index (χ3n) is 6.08. The average Bonchev–Trinajstić information content (AvgIpc) is 3.96. The number of hydrogen-bond acceptors (Lipinski definition) is 7. The van der Waals surface area contributed by atoms with Crippen LogP contribution in [0.5, 0.6) is 5.75 Å². The standard InChI is InChI=1S/C25H25FN4O2S.C3H7NO.2C2H6/c1-14(26)21-12-20(22(32-2)13-27-21)19-11-17(16-6-7-16)8-9-18(19)24(31)28-25-30-29-23(33-25)10-5-15-3-4-15;1-4(2)3-5;2*1-2/h8-9,11-16,23,29H,3-4,6-7H2,1-2H3,(H,28,30,31);3H,1-2H3;2*1-2H3. The number of ether oxygens (including phenoxy) is 1. The number of hydrogen-bond donors (Lipinski definition) is 2. The first kappa shape index (κ1) is 34.6. The number of pyridine rings is 1. The molecule has 2 amide bonds. The molecule has 0 saturated heterocycles. The fourth-order valence-electron chi connectivity index (χ4n) is 3.69. The molecule has 5 rings (SSSR count). The molecular weight excluding hydrogens is 553 g/mol. The van der Waals surface area contributed by atoms with Crippen LogP contribution in [-0.4, -0.2) is 53.9 Å². The van der Waals surface area contributed by atoms with E-state index in [1.165, 1.54) is 35.3 Å². The second kappa shape index (κ2) is 17.4.